The van der Waals surface area contributed by atoms with Gasteiger partial charge in [0, 0.05) is 39.1 Å². The first kappa shape index (κ1) is 80.5. The second kappa shape index (κ2) is 42.5. The minimum Gasteiger partial charge on any atom is -0.394 e. The van der Waals surface area contributed by atoms with Crippen LogP contribution in [0, 0.1) is 11.8 Å². The van der Waals surface area contributed by atoms with Crippen LogP contribution in [-0.4, -0.2) is 227 Å². The standard InChI is InChI=1S/C61H103N19O15/c1-35(2)30-42(75-53(89)43(31-37-16-6-5-7-17-37)76-55(91)44(32-81)77-52(88)39(20-12-26-69-60(64)65)72-56(92)45-22-14-28-79(45)48(85)34-83)54(90)78-49(36(3)4)58(94)73-40(21-13-27-70-61(66)67)51(87)74-41(19-8-10-24-62)59(95)80-29-15-23-46(80)57(93)71-38(50(63)86)18-9-11-25-68-47(84)33-82/h5-7,16-17,35-36,38-46,49,81-83H,8-15,18-34,62H2,1-4H3,(H2,63,86)(H,68,84)(H,71,93)(H,72,92)(H,73,94)(H,74,87)(H,75,89)(H,76,91)(H,77,88)(H,78,90)(H4,64,65,69)(H4,66,67,70)/t38-,39-,40-,41-,42-,43-,44-,45-,46-,49-/m0/s1. The zero-order valence-electron chi connectivity index (χ0n) is 55.0. The maximum atomic E-state index is 14.6. The lowest BCUT2D eigenvalue weighted by Crippen LogP contribution is -2.61. The second-order valence-corrected chi connectivity index (χ2v) is 24.3. The van der Waals surface area contributed by atoms with Crippen molar-refractivity contribution >= 4 is 82.8 Å². The SMILES string of the molecule is CC(C)C[C@H](NC(=O)[C@H](Cc1ccccc1)NC(=O)[C@H](CO)NC(=O)[C@H](CCCN=C(N)N)NC(=O)[C@@H]1CCCN1C(=O)CO)C(=O)N[C@H](C(=O)N[C@@H](CCCN=C(N)N)C(=O)N[C@@H](CCCCN)C(=O)N1CCC[C@H]1C(=O)N[C@@H](CCCCNC(=O)CO)C(N)=O)C(C)C. The molecule has 2 heterocycles. The van der Waals surface area contributed by atoms with E-state index in [1.807, 2.05) is 0 Å². The summed E-state index contributed by atoms with van der Waals surface area (Å²) in [5.41, 5.74) is 34.1. The monoisotopic (exact) mass is 1340 g/mol. The number of aliphatic imine (C=N–C) groups is 2. The third-order valence-electron chi connectivity index (χ3n) is 15.9. The number of aliphatic hydroxyl groups excluding tert-OH is 3. The number of primary amides is 1. The summed E-state index contributed by atoms with van der Waals surface area (Å²) >= 11 is 0. The number of rotatable bonds is 43. The van der Waals surface area contributed by atoms with E-state index in [-0.39, 0.29) is 121 Å². The number of carbonyl (C=O) groups is 12. The third kappa shape index (κ3) is 28.4. The maximum Gasteiger partial charge on any atom is 0.248 e. The number of nitrogens with two attached hydrogens (primary N) is 6. The number of carbonyl (C=O) groups excluding carboxylic acids is 12. The summed E-state index contributed by atoms with van der Waals surface area (Å²) in [5.74, 6) is -10.7. The molecule has 2 saturated heterocycles. The fourth-order valence-electron chi connectivity index (χ4n) is 10.9. The van der Waals surface area contributed by atoms with Crippen LogP contribution in [-0.2, 0) is 64.0 Å². The summed E-state index contributed by atoms with van der Waals surface area (Å²) in [5, 5.41) is 52.8. The van der Waals surface area contributed by atoms with E-state index in [2.05, 4.69) is 57.8 Å². The van der Waals surface area contributed by atoms with Crippen molar-refractivity contribution in [2.75, 3.05) is 59.1 Å². The first-order valence-electron chi connectivity index (χ1n) is 32.4. The van der Waals surface area contributed by atoms with E-state index in [4.69, 9.17) is 39.5 Å². The highest BCUT2D eigenvalue weighted by Crippen LogP contribution is 2.22. The van der Waals surface area contributed by atoms with Crippen molar-refractivity contribution in [1.29, 1.82) is 0 Å². The highest BCUT2D eigenvalue weighted by molar-refractivity contribution is 5.99. The van der Waals surface area contributed by atoms with Gasteiger partial charge in [0.2, 0.25) is 70.9 Å². The minimum atomic E-state index is -1.71. The molecule has 0 saturated carbocycles. The fourth-order valence-corrected chi connectivity index (χ4v) is 10.9. The quantitative estimate of drug-likeness (QED) is 0.0164. The molecule has 10 atom stereocenters. The molecular weight excluding hydrogens is 1240 g/mol. The zero-order valence-corrected chi connectivity index (χ0v) is 55.0. The summed E-state index contributed by atoms with van der Waals surface area (Å²) in [7, 11) is 0. The molecule has 34 heteroatoms. The molecule has 34 nitrogen and oxygen atoms in total. The number of benzene rings is 1. The Kier molecular flexibility index (Phi) is 36.0. The molecule has 95 heavy (non-hydrogen) atoms. The van der Waals surface area contributed by atoms with E-state index in [0.717, 1.165) is 0 Å². The van der Waals surface area contributed by atoms with Gasteiger partial charge in [0.05, 0.1) is 6.61 Å². The van der Waals surface area contributed by atoms with Crippen molar-refractivity contribution in [3.8, 4) is 0 Å². The van der Waals surface area contributed by atoms with Crippen LogP contribution in [0.1, 0.15) is 130 Å². The van der Waals surface area contributed by atoms with E-state index in [1.165, 1.54) is 9.80 Å². The Morgan fingerprint density at radius 2 is 1.00 bits per heavy atom. The topological polar surface area (TPSA) is 561 Å². The third-order valence-corrected chi connectivity index (χ3v) is 15.9. The van der Waals surface area contributed by atoms with Crippen molar-refractivity contribution in [3.63, 3.8) is 0 Å². The van der Waals surface area contributed by atoms with Crippen LogP contribution in [0.4, 0.5) is 0 Å². The van der Waals surface area contributed by atoms with Crippen molar-refractivity contribution in [1.82, 2.24) is 57.7 Å². The van der Waals surface area contributed by atoms with Gasteiger partial charge in [0.15, 0.2) is 11.9 Å². The molecule has 2 aliphatic heterocycles. The number of likely N-dealkylation sites (tertiary alicyclic amines) is 2. The Hall–Kier alpha value is -8.76. The van der Waals surface area contributed by atoms with E-state index in [0.29, 0.717) is 44.1 Å². The van der Waals surface area contributed by atoms with Gasteiger partial charge in [-0.05, 0) is 120 Å². The average Bonchev–Trinajstić information content (AvgIpc) is 1.79. The summed E-state index contributed by atoms with van der Waals surface area (Å²) in [6.07, 6.45) is 3.10. The molecule has 12 amide bonds. The van der Waals surface area contributed by atoms with E-state index in [9.17, 15) is 67.7 Å². The summed E-state index contributed by atoms with van der Waals surface area (Å²) in [4.78, 5) is 175. The molecule has 1 aromatic rings. The molecule has 0 aliphatic carbocycles. The number of unbranched alkanes of at least 4 members (excludes halogenated alkanes) is 2. The Bertz CT molecular complexity index is 2770. The Morgan fingerprint density at radius 1 is 0.526 bits per heavy atom. The van der Waals surface area contributed by atoms with Gasteiger partial charge in [-0.15, -0.1) is 0 Å². The predicted molar refractivity (Wildman–Crippen MR) is 349 cm³/mol. The van der Waals surface area contributed by atoms with E-state index >= 15 is 0 Å². The van der Waals surface area contributed by atoms with Crippen LogP contribution in [0.2, 0.25) is 0 Å². The molecule has 1 aromatic carbocycles. The average molecular weight is 1340 g/mol. The Balaban J connectivity index is 1.89. The largest absolute Gasteiger partial charge is 0.394 e. The molecule has 0 bridgehead atoms. The van der Waals surface area contributed by atoms with Gasteiger partial charge in [0.1, 0.15) is 73.6 Å². The van der Waals surface area contributed by atoms with E-state index < -0.39 is 157 Å². The second-order valence-electron chi connectivity index (χ2n) is 24.3. The lowest BCUT2D eigenvalue weighted by molar-refractivity contribution is -0.142. The zero-order chi connectivity index (χ0) is 70.7. The van der Waals surface area contributed by atoms with Gasteiger partial charge in [-0.25, -0.2) is 0 Å². The van der Waals surface area contributed by atoms with Crippen LogP contribution in [0.25, 0.3) is 0 Å². The van der Waals surface area contributed by atoms with Gasteiger partial charge < -0.3 is 107 Å². The van der Waals surface area contributed by atoms with Crippen LogP contribution in [0.5, 0.6) is 0 Å². The maximum absolute atomic E-state index is 14.6. The van der Waals surface area contributed by atoms with Gasteiger partial charge >= 0.3 is 0 Å². The van der Waals surface area contributed by atoms with Crippen molar-refractivity contribution < 1.29 is 72.9 Å². The summed E-state index contributed by atoms with van der Waals surface area (Å²) < 4.78 is 0. The highest BCUT2D eigenvalue weighted by atomic mass is 16.3. The molecule has 24 N–H and O–H groups in total. The lowest BCUT2D eigenvalue weighted by atomic mass is 9.98. The number of guanidine groups is 2. The first-order chi connectivity index (χ1) is 45.1. The molecule has 532 valence electrons. The molecule has 0 radical (unpaired) electrons. The minimum absolute atomic E-state index is 0.00375. The Morgan fingerprint density at radius 3 is 1.54 bits per heavy atom. The van der Waals surface area contributed by atoms with Gasteiger partial charge in [0.25, 0.3) is 0 Å². The van der Waals surface area contributed by atoms with Crippen LogP contribution in [0.15, 0.2) is 40.3 Å². The lowest BCUT2D eigenvalue weighted by Gasteiger charge is -2.31. The molecular formula is C61H103N19O15. The molecule has 2 aliphatic rings. The van der Waals surface area contributed by atoms with Crippen LogP contribution in [0.3, 0.4) is 0 Å². The number of hydrogen-bond acceptors (Lipinski definition) is 18. The van der Waals surface area contributed by atoms with Gasteiger partial charge in [-0.1, -0.05) is 58.0 Å². The van der Waals surface area contributed by atoms with Crippen LogP contribution < -0.4 is 82.3 Å². The predicted octanol–water partition coefficient (Wildman–Crippen LogP) is -6.22. The molecule has 2 fully saturated rings. The molecule has 0 aromatic heterocycles. The smallest absolute Gasteiger partial charge is 0.248 e. The van der Waals surface area contributed by atoms with Crippen molar-refractivity contribution in [3.05, 3.63) is 35.9 Å². The number of amides is 12. The number of hydrogen-bond donors (Lipinski definition) is 18. The Labute approximate surface area is 553 Å². The van der Waals surface area contributed by atoms with E-state index in [1.54, 1.807) is 58.0 Å². The van der Waals surface area contributed by atoms with Crippen molar-refractivity contribution in [2.45, 2.75) is 191 Å². The normalized spacial score (nSPS) is 16.9. The number of nitrogens with zero attached hydrogens (tertiary/aromatic N) is 4. The van der Waals surface area contributed by atoms with Gasteiger partial charge in [-0.2, -0.15) is 0 Å². The number of aliphatic hydroxyl groups is 3. The molecule has 0 spiro atoms. The number of nitrogens with one attached hydrogen (secondary N) is 9. The highest BCUT2D eigenvalue weighted by Gasteiger charge is 2.41. The molecule has 3 rings (SSSR count). The van der Waals surface area contributed by atoms with Crippen LogP contribution >= 0.6 is 0 Å². The van der Waals surface area contributed by atoms with Gasteiger partial charge in [-0.3, -0.25) is 67.5 Å². The fraction of sp³-hybridized carbons (Fsp3) is 0.672. The van der Waals surface area contributed by atoms with Crippen molar-refractivity contribution in [2.24, 2.45) is 56.2 Å². The summed E-state index contributed by atoms with van der Waals surface area (Å²) in [6.45, 7) is 5.17. The molecule has 0 unspecified atom stereocenters. The summed E-state index contributed by atoms with van der Waals surface area (Å²) in [6, 6.07) is -4.57. The first-order valence-corrected chi connectivity index (χ1v) is 32.4.